The van der Waals surface area contributed by atoms with Crippen molar-refractivity contribution in [3.63, 3.8) is 0 Å². The highest BCUT2D eigenvalue weighted by Crippen LogP contribution is 2.05. The van der Waals surface area contributed by atoms with E-state index in [1.807, 2.05) is 19.9 Å². The minimum atomic E-state index is -0.224. The molecular weight excluding hydrogens is 208 g/mol. The molecule has 5 heteroatoms. The van der Waals surface area contributed by atoms with Crippen LogP contribution in [0.15, 0.2) is 12.3 Å². The number of nitrogens with one attached hydrogen (secondary N) is 1. The van der Waals surface area contributed by atoms with Crippen LogP contribution in [0.2, 0.25) is 0 Å². The van der Waals surface area contributed by atoms with Gasteiger partial charge in [0.15, 0.2) is 6.29 Å². The fourth-order valence-electron chi connectivity index (χ4n) is 1.50. The Labute approximate surface area is 96.4 Å². The lowest BCUT2D eigenvalue weighted by molar-refractivity contribution is -0.140. The van der Waals surface area contributed by atoms with Crippen LogP contribution in [0.4, 0.5) is 4.79 Å². The Bertz CT molecular complexity index is 237. The van der Waals surface area contributed by atoms with Crippen LogP contribution < -0.4 is 5.32 Å². The monoisotopic (exact) mass is 228 g/mol. The minimum Gasteiger partial charge on any atom is -0.353 e. The van der Waals surface area contributed by atoms with E-state index in [1.54, 1.807) is 11.1 Å². The molecule has 0 atom stereocenters. The molecule has 0 unspecified atom stereocenters. The molecule has 0 saturated heterocycles. The van der Waals surface area contributed by atoms with Crippen LogP contribution in [0.1, 0.15) is 20.3 Å². The lowest BCUT2D eigenvalue weighted by Crippen LogP contribution is -2.41. The maximum atomic E-state index is 11.4. The largest absolute Gasteiger partial charge is 0.353 e. The van der Waals surface area contributed by atoms with Crippen LogP contribution in [0, 0.1) is 0 Å². The van der Waals surface area contributed by atoms with Gasteiger partial charge in [-0.05, 0) is 19.9 Å². The van der Waals surface area contributed by atoms with Crippen LogP contribution >= 0.6 is 0 Å². The van der Waals surface area contributed by atoms with Gasteiger partial charge in [-0.1, -0.05) is 0 Å². The molecule has 0 saturated carbocycles. The summed E-state index contributed by atoms with van der Waals surface area (Å²) in [5.41, 5.74) is 0. The first-order valence-corrected chi connectivity index (χ1v) is 5.72. The number of amides is 2. The summed E-state index contributed by atoms with van der Waals surface area (Å²) >= 11 is 0. The second-order valence-electron chi connectivity index (χ2n) is 3.39. The smallest absolute Gasteiger partial charge is 0.321 e. The van der Waals surface area contributed by atoms with Crippen LogP contribution in [-0.2, 0) is 9.47 Å². The number of carbonyl (C=O) groups excluding carboxylic acids is 1. The molecular formula is C11H20N2O3. The lowest BCUT2D eigenvalue weighted by Gasteiger charge is -2.24. The molecule has 0 spiro atoms. The Balaban J connectivity index is 2.32. The summed E-state index contributed by atoms with van der Waals surface area (Å²) in [6.45, 7) is 6.31. The second-order valence-corrected chi connectivity index (χ2v) is 3.39. The van der Waals surface area contributed by atoms with E-state index in [1.165, 1.54) is 0 Å². The highest BCUT2D eigenvalue weighted by molar-refractivity contribution is 5.76. The summed E-state index contributed by atoms with van der Waals surface area (Å²) in [5, 5.41) is 2.74. The summed E-state index contributed by atoms with van der Waals surface area (Å²) in [4.78, 5) is 13.0. The maximum absolute atomic E-state index is 11.4. The van der Waals surface area contributed by atoms with Crippen molar-refractivity contribution in [2.24, 2.45) is 0 Å². The predicted octanol–water partition coefficient (Wildman–Crippen LogP) is 1.31. The molecule has 1 N–H and O–H groups in total. The first kappa shape index (κ1) is 13.0. The topological polar surface area (TPSA) is 50.8 Å². The number of hydrogen-bond donors (Lipinski definition) is 1. The van der Waals surface area contributed by atoms with Crippen molar-refractivity contribution in [2.75, 3.05) is 26.3 Å². The summed E-state index contributed by atoms with van der Waals surface area (Å²) in [5.74, 6) is 0. The molecule has 0 aromatic heterocycles. The highest BCUT2D eigenvalue weighted by atomic mass is 16.7. The van der Waals surface area contributed by atoms with Crippen molar-refractivity contribution in [3.05, 3.63) is 12.3 Å². The van der Waals surface area contributed by atoms with Crippen LogP contribution in [0.25, 0.3) is 0 Å². The Morgan fingerprint density at radius 2 is 2.12 bits per heavy atom. The SMILES string of the molecule is CCOC(CCN1C=CCNC1=O)OCC. The number of hydrogen-bond acceptors (Lipinski definition) is 3. The molecule has 92 valence electrons. The molecule has 0 aromatic rings. The molecule has 1 rings (SSSR count). The van der Waals surface area contributed by atoms with E-state index in [0.29, 0.717) is 32.7 Å². The quantitative estimate of drug-likeness (QED) is 0.668. The van der Waals surface area contributed by atoms with Crippen molar-refractivity contribution >= 4 is 6.03 Å². The first-order valence-electron chi connectivity index (χ1n) is 5.72. The average molecular weight is 228 g/mol. The van der Waals surface area contributed by atoms with Crippen LogP contribution in [0.3, 0.4) is 0 Å². The Kier molecular flexibility index (Phi) is 5.88. The summed E-state index contributed by atoms with van der Waals surface area (Å²) in [7, 11) is 0. The fraction of sp³-hybridized carbons (Fsp3) is 0.727. The van der Waals surface area contributed by atoms with Crippen LogP contribution in [0.5, 0.6) is 0 Å². The minimum absolute atomic E-state index is 0.0609. The van der Waals surface area contributed by atoms with Gasteiger partial charge in [0.05, 0.1) is 0 Å². The first-order chi connectivity index (χ1) is 7.77. The highest BCUT2D eigenvalue weighted by Gasteiger charge is 2.15. The van der Waals surface area contributed by atoms with Crippen molar-refractivity contribution in [3.8, 4) is 0 Å². The van der Waals surface area contributed by atoms with E-state index in [9.17, 15) is 4.79 Å². The van der Waals surface area contributed by atoms with Gasteiger partial charge < -0.3 is 19.7 Å². The number of nitrogens with zero attached hydrogens (tertiary/aromatic N) is 1. The second kappa shape index (κ2) is 7.24. The van der Waals surface area contributed by atoms with Gasteiger partial charge in [0.25, 0.3) is 0 Å². The number of ether oxygens (including phenoxy) is 2. The molecule has 5 nitrogen and oxygen atoms in total. The van der Waals surface area contributed by atoms with Crippen molar-refractivity contribution < 1.29 is 14.3 Å². The van der Waals surface area contributed by atoms with Gasteiger partial charge in [-0.3, -0.25) is 0 Å². The van der Waals surface area contributed by atoms with E-state index in [2.05, 4.69) is 5.32 Å². The fourth-order valence-corrected chi connectivity index (χ4v) is 1.50. The molecule has 1 aliphatic heterocycles. The third-order valence-corrected chi connectivity index (χ3v) is 2.23. The van der Waals surface area contributed by atoms with Gasteiger partial charge in [-0.25, -0.2) is 4.79 Å². The maximum Gasteiger partial charge on any atom is 0.321 e. The molecule has 1 aliphatic rings. The van der Waals surface area contributed by atoms with Crippen molar-refractivity contribution in [1.82, 2.24) is 10.2 Å². The molecule has 16 heavy (non-hydrogen) atoms. The number of urea groups is 1. The van der Waals surface area contributed by atoms with Crippen LogP contribution in [-0.4, -0.2) is 43.5 Å². The van der Waals surface area contributed by atoms with Gasteiger partial charge >= 0.3 is 6.03 Å². The van der Waals surface area contributed by atoms with E-state index >= 15 is 0 Å². The van der Waals surface area contributed by atoms with Crippen molar-refractivity contribution in [1.29, 1.82) is 0 Å². The molecule has 0 fully saturated rings. The molecule has 0 aromatic carbocycles. The van der Waals surface area contributed by atoms with E-state index in [4.69, 9.17) is 9.47 Å². The van der Waals surface area contributed by atoms with Gasteiger partial charge in [0.2, 0.25) is 0 Å². The Morgan fingerprint density at radius 3 is 2.69 bits per heavy atom. The van der Waals surface area contributed by atoms with E-state index in [0.717, 1.165) is 0 Å². The third kappa shape index (κ3) is 4.20. The Hall–Kier alpha value is -1.07. The third-order valence-electron chi connectivity index (χ3n) is 2.23. The number of carbonyl (C=O) groups is 1. The number of rotatable bonds is 7. The molecule has 1 heterocycles. The summed E-state index contributed by atoms with van der Waals surface area (Å²) in [6, 6.07) is -0.0609. The van der Waals surface area contributed by atoms with Gasteiger partial charge in [-0.15, -0.1) is 0 Å². The van der Waals surface area contributed by atoms with Crippen molar-refractivity contribution in [2.45, 2.75) is 26.6 Å². The van der Waals surface area contributed by atoms with Gasteiger partial charge in [0.1, 0.15) is 0 Å². The molecule has 0 aliphatic carbocycles. The molecule has 0 bridgehead atoms. The van der Waals surface area contributed by atoms with E-state index < -0.39 is 0 Å². The zero-order valence-electron chi connectivity index (χ0n) is 9.94. The zero-order chi connectivity index (χ0) is 11.8. The zero-order valence-corrected chi connectivity index (χ0v) is 9.94. The normalized spacial score (nSPS) is 15.7. The van der Waals surface area contributed by atoms with Gasteiger partial charge in [-0.2, -0.15) is 0 Å². The molecule has 2 amide bonds. The van der Waals surface area contributed by atoms with E-state index in [-0.39, 0.29) is 12.3 Å². The summed E-state index contributed by atoms with van der Waals surface area (Å²) < 4.78 is 10.8. The predicted molar refractivity (Wildman–Crippen MR) is 60.9 cm³/mol. The molecule has 0 radical (unpaired) electrons. The Morgan fingerprint density at radius 1 is 1.44 bits per heavy atom. The standard InChI is InChI=1S/C11H20N2O3/c1-3-15-10(16-4-2)6-9-13-8-5-7-12-11(13)14/h5,8,10H,3-4,6-7,9H2,1-2H3,(H,12,14). The van der Waals surface area contributed by atoms with Gasteiger partial charge in [0, 0.05) is 38.9 Å². The average Bonchev–Trinajstić information content (AvgIpc) is 2.28. The lowest BCUT2D eigenvalue weighted by atomic mass is 10.3. The summed E-state index contributed by atoms with van der Waals surface area (Å²) in [6.07, 6.45) is 4.17.